The first-order valence-electron chi connectivity index (χ1n) is 5.99. The van der Waals surface area contributed by atoms with Gasteiger partial charge in [0.15, 0.2) is 17.3 Å². The predicted octanol–water partition coefficient (Wildman–Crippen LogP) is 3.10. The van der Waals surface area contributed by atoms with Crippen LogP contribution in [0.1, 0.15) is 22.3 Å². The fourth-order valence-electron chi connectivity index (χ4n) is 1.98. The number of halogens is 4. The first-order valence-corrected chi connectivity index (χ1v) is 5.99. The first-order chi connectivity index (χ1) is 9.47. The summed E-state index contributed by atoms with van der Waals surface area (Å²) in [6.45, 7) is -1.75. The number of ketones is 1. The van der Waals surface area contributed by atoms with Gasteiger partial charge in [0, 0.05) is 12.0 Å². The van der Waals surface area contributed by atoms with E-state index in [-0.39, 0.29) is 17.3 Å². The van der Waals surface area contributed by atoms with Crippen molar-refractivity contribution in [3.8, 4) is 11.5 Å². The molecule has 0 aromatic heterocycles. The number of hydrogen-bond donors (Lipinski definition) is 0. The number of hydrogen-bond acceptors (Lipinski definition) is 3. The van der Waals surface area contributed by atoms with Crippen LogP contribution >= 0.6 is 0 Å². The Bertz CT molecular complexity index is 503. The second kappa shape index (κ2) is 6.11. The zero-order valence-electron chi connectivity index (χ0n) is 10.4. The average molecular weight is 292 g/mol. The molecule has 0 atom stereocenters. The molecule has 3 nitrogen and oxygen atoms in total. The van der Waals surface area contributed by atoms with Crippen molar-refractivity contribution in [3.05, 3.63) is 23.3 Å². The number of rotatable bonds is 6. The van der Waals surface area contributed by atoms with Crippen molar-refractivity contribution in [2.24, 2.45) is 0 Å². The Kier molecular flexibility index (Phi) is 4.46. The van der Waals surface area contributed by atoms with Crippen LogP contribution in [0.25, 0.3) is 0 Å². The number of carbonyl (C=O) groups is 1. The van der Waals surface area contributed by atoms with Crippen LogP contribution in [0, 0.1) is 0 Å². The Morgan fingerprint density at radius 1 is 0.950 bits per heavy atom. The normalized spacial score (nSPS) is 14.0. The minimum atomic E-state index is -2.71. The van der Waals surface area contributed by atoms with Gasteiger partial charge in [-0.15, -0.1) is 0 Å². The van der Waals surface area contributed by atoms with Crippen LogP contribution in [-0.2, 0) is 6.42 Å². The maximum Gasteiger partial charge on any atom is 0.272 e. The number of aryl methyl sites for hydroxylation is 1. The molecule has 7 heteroatoms. The Hall–Kier alpha value is -1.79. The molecule has 0 N–H and O–H groups in total. The zero-order chi connectivity index (χ0) is 14.7. The molecule has 0 aliphatic heterocycles. The third kappa shape index (κ3) is 3.40. The molecule has 110 valence electrons. The van der Waals surface area contributed by atoms with Crippen LogP contribution < -0.4 is 9.47 Å². The molecule has 1 aliphatic rings. The van der Waals surface area contributed by atoms with Crippen molar-refractivity contribution < 1.29 is 31.8 Å². The molecule has 0 bridgehead atoms. The van der Waals surface area contributed by atoms with Gasteiger partial charge in [-0.3, -0.25) is 4.79 Å². The molecule has 2 rings (SSSR count). The summed E-state index contributed by atoms with van der Waals surface area (Å²) >= 11 is 0. The fourth-order valence-corrected chi connectivity index (χ4v) is 1.98. The van der Waals surface area contributed by atoms with Gasteiger partial charge in [-0.05, 0) is 24.1 Å². The summed E-state index contributed by atoms with van der Waals surface area (Å²) < 4.78 is 58.3. The Morgan fingerprint density at radius 3 is 2.05 bits per heavy atom. The maximum absolute atomic E-state index is 12.2. The van der Waals surface area contributed by atoms with Gasteiger partial charge in [0.2, 0.25) is 0 Å². The zero-order valence-corrected chi connectivity index (χ0v) is 10.4. The van der Waals surface area contributed by atoms with Crippen LogP contribution in [0.2, 0.25) is 0 Å². The van der Waals surface area contributed by atoms with Crippen molar-refractivity contribution >= 4 is 5.78 Å². The van der Waals surface area contributed by atoms with E-state index < -0.39 is 26.1 Å². The molecule has 0 radical (unpaired) electrons. The molecular formula is C13H12F4O3. The lowest BCUT2D eigenvalue weighted by Crippen LogP contribution is -2.11. The molecule has 20 heavy (non-hydrogen) atoms. The van der Waals surface area contributed by atoms with Gasteiger partial charge in [-0.2, -0.15) is 0 Å². The topological polar surface area (TPSA) is 35.5 Å². The molecule has 0 unspecified atom stereocenters. The summed E-state index contributed by atoms with van der Waals surface area (Å²) in [5.74, 6) is -0.276. The number of benzene rings is 1. The number of carbonyl (C=O) groups excluding carboxylic acids is 1. The highest BCUT2D eigenvalue weighted by Gasteiger charge is 2.23. The quantitative estimate of drug-likeness (QED) is 0.756. The highest BCUT2D eigenvalue weighted by atomic mass is 19.3. The van der Waals surface area contributed by atoms with E-state index in [0.29, 0.717) is 24.0 Å². The lowest BCUT2D eigenvalue weighted by Gasteiger charge is -2.14. The molecule has 1 aromatic carbocycles. The van der Waals surface area contributed by atoms with Gasteiger partial charge >= 0.3 is 0 Å². The van der Waals surface area contributed by atoms with E-state index in [1.807, 2.05) is 0 Å². The average Bonchev–Trinajstić information content (AvgIpc) is 2.74. The SMILES string of the molecule is O=C1CCc2cc(OCC(F)F)c(OCC(F)F)cc21. The van der Waals surface area contributed by atoms with Crippen molar-refractivity contribution in [2.75, 3.05) is 13.2 Å². The summed E-state index contributed by atoms with van der Waals surface area (Å²) in [4.78, 5) is 11.6. The van der Waals surface area contributed by atoms with Gasteiger partial charge in [0.05, 0.1) is 0 Å². The van der Waals surface area contributed by atoms with Gasteiger partial charge in [0.25, 0.3) is 12.9 Å². The van der Waals surface area contributed by atoms with Crippen LogP contribution in [-0.4, -0.2) is 31.8 Å². The summed E-state index contributed by atoms with van der Waals surface area (Å²) in [6, 6.07) is 2.69. The molecule has 1 aromatic rings. The standard InChI is InChI=1S/C13H12F4O3/c14-12(15)5-19-10-3-7-1-2-9(18)8(7)4-11(10)20-6-13(16)17/h3-4,12-13H,1-2,5-6H2. The lowest BCUT2D eigenvalue weighted by molar-refractivity contribution is 0.0686. The van der Waals surface area contributed by atoms with E-state index >= 15 is 0 Å². The molecule has 0 saturated carbocycles. The van der Waals surface area contributed by atoms with E-state index in [0.717, 1.165) is 0 Å². The van der Waals surface area contributed by atoms with E-state index in [1.54, 1.807) is 0 Å². The summed E-state index contributed by atoms with van der Waals surface area (Å²) in [5, 5.41) is 0. The molecule has 0 fully saturated rings. The molecule has 1 aliphatic carbocycles. The van der Waals surface area contributed by atoms with Gasteiger partial charge in [-0.25, -0.2) is 17.6 Å². The highest BCUT2D eigenvalue weighted by Crippen LogP contribution is 2.35. The van der Waals surface area contributed by atoms with Gasteiger partial charge in [0.1, 0.15) is 13.2 Å². The Labute approximate surface area is 112 Å². The second-order valence-corrected chi connectivity index (χ2v) is 4.28. The lowest BCUT2D eigenvalue weighted by atomic mass is 10.1. The van der Waals surface area contributed by atoms with Gasteiger partial charge < -0.3 is 9.47 Å². The molecule has 0 amide bonds. The predicted molar refractivity (Wildman–Crippen MR) is 62.1 cm³/mol. The Balaban J connectivity index is 2.24. The van der Waals surface area contributed by atoms with Crippen molar-refractivity contribution in [3.63, 3.8) is 0 Å². The summed E-state index contributed by atoms with van der Waals surface area (Å²) in [6.07, 6.45) is -4.61. The van der Waals surface area contributed by atoms with Crippen LogP contribution in [0.4, 0.5) is 17.6 Å². The van der Waals surface area contributed by atoms with E-state index in [1.165, 1.54) is 12.1 Å². The minimum Gasteiger partial charge on any atom is -0.484 e. The molecule has 0 saturated heterocycles. The van der Waals surface area contributed by atoms with E-state index in [2.05, 4.69) is 0 Å². The second-order valence-electron chi connectivity index (χ2n) is 4.28. The third-order valence-corrected chi connectivity index (χ3v) is 2.82. The van der Waals surface area contributed by atoms with Crippen LogP contribution in [0.15, 0.2) is 12.1 Å². The van der Waals surface area contributed by atoms with Crippen molar-refractivity contribution in [1.29, 1.82) is 0 Å². The minimum absolute atomic E-state index is 0.0422. The molecule has 0 spiro atoms. The van der Waals surface area contributed by atoms with E-state index in [9.17, 15) is 22.4 Å². The summed E-state index contributed by atoms with van der Waals surface area (Å²) in [7, 11) is 0. The summed E-state index contributed by atoms with van der Waals surface area (Å²) in [5.41, 5.74) is 1.03. The number of fused-ring (bicyclic) bond motifs is 1. The first kappa shape index (κ1) is 14.6. The number of Topliss-reactive ketones (excluding diaryl/α,β-unsaturated/α-hetero) is 1. The monoisotopic (exact) mass is 292 g/mol. The smallest absolute Gasteiger partial charge is 0.272 e. The van der Waals surface area contributed by atoms with E-state index in [4.69, 9.17) is 9.47 Å². The molecular weight excluding hydrogens is 280 g/mol. The highest BCUT2D eigenvalue weighted by molar-refractivity contribution is 6.01. The fraction of sp³-hybridized carbons (Fsp3) is 0.462. The van der Waals surface area contributed by atoms with Crippen molar-refractivity contribution in [1.82, 2.24) is 0 Å². The van der Waals surface area contributed by atoms with Crippen molar-refractivity contribution in [2.45, 2.75) is 25.7 Å². The largest absolute Gasteiger partial charge is 0.484 e. The number of ether oxygens (including phenoxy) is 2. The van der Waals surface area contributed by atoms with Gasteiger partial charge in [-0.1, -0.05) is 0 Å². The number of alkyl halides is 4. The van der Waals surface area contributed by atoms with Crippen LogP contribution in [0.3, 0.4) is 0 Å². The third-order valence-electron chi connectivity index (χ3n) is 2.82. The Morgan fingerprint density at radius 2 is 1.50 bits per heavy atom. The van der Waals surface area contributed by atoms with Crippen LogP contribution in [0.5, 0.6) is 11.5 Å². The maximum atomic E-state index is 12.2. The molecule has 0 heterocycles.